The molecule has 1 rings (SSSR count). The Kier molecular flexibility index (Phi) is 1.84. The second-order valence-corrected chi connectivity index (χ2v) is 2.85. The summed E-state index contributed by atoms with van der Waals surface area (Å²) in [5, 5.41) is 2.41. The molecule has 0 saturated carbocycles. The highest BCUT2D eigenvalue weighted by Gasteiger charge is 2.22. The Hall–Kier alpha value is -0.390. The lowest BCUT2D eigenvalue weighted by Crippen LogP contribution is -2.35. The lowest BCUT2D eigenvalue weighted by atomic mass is 10.2. The van der Waals surface area contributed by atoms with Gasteiger partial charge < -0.3 is 5.32 Å². The number of allylic oxidation sites excluding steroid dienone is 1. The Morgan fingerprint density at radius 3 is 2.67 bits per heavy atom. The van der Waals surface area contributed by atoms with Crippen LogP contribution in [-0.4, -0.2) is 15.6 Å². The van der Waals surface area contributed by atoms with Gasteiger partial charge in [-0.3, -0.25) is 9.59 Å². The lowest BCUT2D eigenvalue weighted by Gasteiger charge is -2.08. The lowest BCUT2D eigenvalue weighted by molar-refractivity contribution is -0.125. The number of alkyl halides is 1. The molecule has 3 nitrogen and oxygen atoms in total. The van der Waals surface area contributed by atoms with Crippen LogP contribution in [0.25, 0.3) is 0 Å². The van der Waals surface area contributed by atoms with E-state index in [2.05, 4.69) is 5.32 Å². The molecule has 0 saturated heterocycles. The van der Waals surface area contributed by atoms with Crippen molar-refractivity contribution >= 4 is 34.3 Å². The summed E-state index contributed by atoms with van der Waals surface area (Å²) in [5.41, 5.74) is 0. The second kappa shape index (κ2) is 2.47. The number of ketones is 1. The molecule has 0 radical (unpaired) electrons. The summed E-state index contributed by atoms with van der Waals surface area (Å²) in [7, 11) is 0. The van der Waals surface area contributed by atoms with Crippen LogP contribution in [0.5, 0.6) is 0 Å². The Morgan fingerprint density at radius 2 is 2.22 bits per heavy atom. The normalized spacial score (nSPS) is 26.1. The van der Waals surface area contributed by atoms with Crippen LogP contribution in [0.3, 0.4) is 0 Å². The van der Waals surface area contributed by atoms with Crippen LogP contribution in [0, 0.1) is 0 Å². The first-order chi connectivity index (χ1) is 4.22. The van der Waals surface area contributed by atoms with E-state index in [0.29, 0.717) is 0 Å². The molecule has 1 unspecified atom stereocenters. The van der Waals surface area contributed by atoms with E-state index in [0.717, 1.165) is 0 Å². The van der Waals surface area contributed by atoms with Crippen LogP contribution in [0.1, 0.15) is 0 Å². The third-order valence-corrected chi connectivity index (χ3v) is 2.13. The number of nitrogens with one attached hydrogen (secondary N) is 1. The molecule has 0 aliphatic carbocycles. The summed E-state index contributed by atoms with van der Waals surface area (Å²) in [6.07, 6.45) is 2.72. The van der Waals surface area contributed by atoms with Crippen molar-refractivity contribution in [1.29, 1.82) is 0 Å². The fourth-order valence-electron chi connectivity index (χ4n) is 0.493. The number of carbonyl (C=O) groups is 2. The van der Waals surface area contributed by atoms with E-state index in [1.54, 1.807) is 22.6 Å². The van der Waals surface area contributed by atoms with Gasteiger partial charge in [0.2, 0.25) is 5.91 Å². The summed E-state index contributed by atoms with van der Waals surface area (Å²) < 4.78 is -0.535. The zero-order valence-electron chi connectivity index (χ0n) is 4.43. The number of amides is 1. The number of rotatable bonds is 0. The average molecular weight is 237 g/mol. The van der Waals surface area contributed by atoms with Gasteiger partial charge in [0.25, 0.3) is 0 Å². The van der Waals surface area contributed by atoms with E-state index < -0.39 is 3.92 Å². The summed E-state index contributed by atoms with van der Waals surface area (Å²) in [6.45, 7) is 0. The van der Waals surface area contributed by atoms with Crippen LogP contribution >= 0.6 is 22.6 Å². The van der Waals surface area contributed by atoms with E-state index in [9.17, 15) is 9.59 Å². The van der Waals surface area contributed by atoms with Gasteiger partial charge >= 0.3 is 0 Å². The maximum atomic E-state index is 10.6. The van der Waals surface area contributed by atoms with E-state index in [-0.39, 0.29) is 11.7 Å². The molecule has 0 aromatic rings. The number of hydrogen-bond acceptors (Lipinski definition) is 2. The van der Waals surface area contributed by atoms with Gasteiger partial charge in [0.1, 0.15) is 0 Å². The fraction of sp³-hybridized carbons (Fsp3) is 0.200. The molecule has 1 aliphatic heterocycles. The summed E-state index contributed by atoms with van der Waals surface area (Å²) in [4.78, 5) is 21.3. The molecule has 0 aromatic carbocycles. The SMILES string of the molecule is O=C1C=CNC(=O)C1I. The summed E-state index contributed by atoms with van der Waals surface area (Å²) in [6, 6.07) is 0. The van der Waals surface area contributed by atoms with Crippen LogP contribution < -0.4 is 5.32 Å². The van der Waals surface area contributed by atoms with Crippen LogP contribution in [0.4, 0.5) is 0 Å². The first-order valence-corrected chi connectivity index (χ1v) is 3.61. The Labute approximate surface area is 65.6 Å². The molecule has 1 atom stereocenters. The monoisotopic (exact) mass is 237 g/mol. The molecule has 0 fully saturated rings. The zero-order valence-corrected chi connectivity index (χ0v) is 6.58. The molecule has 1 aliphatic rings. The first-order valence-electron chi connectivity index (χ1n) is 2.36. The second-order valence-electron chi connectivity index (χ2n) is 1.61. The van der Waals surface area contributed by atoms with Crippen molar-refractivity contribution in [3.63, 3.8) is 0 Å². The number of hydrogen-bond donors (Lipinski definition) is 1. The van der Waals surface area contributed by atoms with Crippen molar-refractivity contribution in [1.82, 2.24) is 5.32 Å². The largest absolute Gasteiger partial charge is 0.331 e. The maximum absolute atomic E-state index is 10.6. The van der Waals surface area contributed by atoms with Gasteiger partial charge in [0.05, 0.1) is 0 Å². The highest BCUT2D eigenvalue weighted by atomic mass is 127. The van der Waals surface area contributed by atoms with Gasteiger partial charge in [0.15, 0.2) is 9.71 Å². The predicted octanol–water partition coefficient (Wildman–Crippen LogP) is 0.00260. The number of carbonyl (C=O) groups excluding carboxylic acids is 2. The van der Waals surface area contributed by atoms with Gasteiger partial charge in [-0.05, 0) is 6.08 Å². The highest BCUT2D eigenvalue weighted by molar-refractivity contribution is 14.1. The molecule has 0 aromatic heterocycles. The molecule has 4 heteroatoms. The van der Waals surface area contributed by atoms with Crippen molar-refractivity contribution in [2.75, 3.05) is 0 Å². The van der Waals surface area contributed by atoms with Crippen molar-refractivity contribution in [2.45, 2.75) is 3.92 Å². The predicted molar refractivity (Wildman–Crippen MR) is 40.1 cm³/mol. The third-order valence-electron chi connectivity index (χ3n) is 0.953. The standard InChI is InChI=1S/C5H4INO2/c6-4-3(8)1-2-7-5(4)9/h1-2,4H,(H,7,9). The van der Waals surface area contributed by atoms with Gasteiger partial charge in [-0.15, -0.1) is 0 Å². The smallest absolute Gasteiger partial charge is 0.244 e. The van der Waals surface area contributed by atoms with Crippen LogP contribution in [0.2, 0.25) is 0 Å². The molecule has 1 amide bonds. The molecule has 0 spiro atoms. The van der Waals surface area contributed by atoms with Crippen molar-refractivity contribution in [2.24, 2.45) is 0 Å². The molecule has 1 heterocycles. The molecule has 1 N–H and O–H groups in total. The van der Waals surface area contributed by atoms with Crippen LogP contribution in [0.15, 0.2) is 12.3 Å². The van der Waals surface area contributed by atoms with Crippen molar-refractivity contribution in [3.8, 4) is 0 Å². The quantitative estimate of drug-likeness (QED) is 0.366. The van der Waals surface area contributed by atoms with E-state index in [4.69, 9.17) is 0 Å². The Balaban J connectivity index is 2.81. The van der Waals surface area contributed by atoms with E-state index in [1.165, 1.54) is 12.3 Å². The van der Waals surface area contributed by atoms with Crippen LogP contribution in [-0.2, 0) is 9.59 Å². The average Bonchev–Trinajstić information content (AvgIpc) is 1.83. The van der Waals surface area contributed by atoms with Gasteiger partial charge in [-0.1, -0.05) is 22.6 Å². The Morgan fingerprint density at radius 1 is 1.56 bits per heavy atom. The van der Waals surface area contributed by atoms with Gasteiger partial charge in [-0.25, -0.2) is 0 Å². The zero-order chi connectivity index (χ0) is 6.85. The van der Waals surface area contributed by atoms with Crippen molar-refractivity contribution < 1.29 is 9.59 Å². The molecular weight excluding hydrogens is 233 g/mol. The minimum absolute atomic E-state index is 0.139. The molecule has 9 heavy (non-hydrogen) atoms. The third kappa shape index (κ3) is 1.29. The minimum Gasteiger partial charge on any atom is -0.331 e. The molecular formula is C5H4INO2. The highest BCUT2D eigenvalue weighted by Crippen LogP contribution is 2.05. The minimum atomic E-state index is -0.535. The van der Waals surface area contributed by atoms with Gasteiger partial charge in [-0.2, -0.15) is 0 Å². The Bertz CT molecular complexity index is 187. The first kappa shape index (κ1) is 6.73. The summed E-state index contributed by atoms with van der Waals surface area (Å²) >= 11 is 1.80. The van der Waals surface area contributed by atoms with E-state index in [1.807, 2.05) is 0 Å². The van der Waals surface area contributed by atoms with Gasteiger partial charge in [0, 0.05) is 6.20 Å². The maximum Gasteiger partial charge on any atom is 0.244 e. The van der Waals surface area contributed by atoms with E-state index >= 15 is 0 Å². The molecule has 0 bridgehead atoms. The summed E-state index contributed by atoms with van der Waals surface area (Å²) in [5.74, 6) is -0.373. The topological polar surface area (TPSA) is 46.2 Å². The molecule has 48 valence electrons. The fourth-order valence-corrected chi connectivity index (χ4v) is 0.880. The number of halogens is 1. The van der Waals surface area contributed by atoms with Crippen molar-refractivity contribution in [3.05, 3.63) is 12.3 Å².